The summed E-state index contributed by atoms with van der Waals surface area (Å²) in [7, 11) is 1.41. The molecule has 0 heterocycles. The molecule has 6 heteroatoms. The summed E-state index contributed by atoms with van der Waals surface area (Å²) in [5.74, 6) is -7.19. The summed E-state index contributed by atoms with van der Waals surface area (Å²) in [6, 6.07) is 5.03. The minimum atomic E-state index is -4.18. The van der Waals surface area contributed by atoms with Crippen molar-refractivity contribution in [2.24, 2.45) is 0 Å². The van der Waals surface area contributed by atoms with E-state index in [2.05, 4.69) is 4.74 Å². The third-order valence-corrected chi connectivity index (χ3v) is 2.17. The molecule has 0 aliphatic heterocycles. The van der Waals surface area contributed by atoms with Gasteiger partial charge in [0, 0.05) is 5.56 Å². The van der Waals surface area contributed by atoms with E-state index in [4.69, 9.17) is 4.74 Å². The zero-order valence-corrected chi connectivity index (χ0v) is 9.91. The fraction of sp³-hybridized carbons (Fsp3) is 0.333. The predicted molar refractivity (Wildman–Crippen MR) is 58.9 cm³/mol. The first-order chi connectivity index (χ1) is 8.43. The van der Waals surface area contributed by atoms with Gasteiger partial charge in [0.25, 0.3) is 0 Å². The summed E-state index contributed by atoms with van der Waals surface area (Å²) in [6.45, 7) is 1.16. The standard InChI is InChI=1S/C12H12F2O4/c1-3-18-11(16)12(13,14)10(15)8-4-6-9(17-2)7-5-8/h4-7H,3H2,1-2H3. The Labute approximate surface area is 103 Å². The van der Waals surface area contributed by atoms with Gasteiger partial charge in [-0.2, -0.15) is 8.78 Å². The highest BCUT2D eigenvalue weighted by Crippen LogP contribution is 2.23. The number of esters is 1. The fourth-order valence-electron chi connectivity index (χ4n) is 1.24. The number of hydrogen-bond acceptors (Lipinski definition) is 4. The smallest absolute Gasteiger partial charge is 0.404 e. The Morgan fingerprint density at radius 2 is 1.78 bits per heavy atom. The zero-order valence-electron chi connectivity index (χ0n) is 9.91. The number of carbonyl (C=O) groups is 2. The van der Waals surface area contributed by atoms with Gasteiger partial charge >= 0.3 is 11.9 Å². The number of benzene rings is 1. The van der Waals surface area contributed by atoms with Crippen molar-refractivity contribution in [2.75, 3.05) is 13.7 Å². The largest absolute Gasteiger partial charge is 0.497 e. The minimum Gasteiger partial charge on any atom is -0.497 e. The molecule has 0 bridgehead atoms. The van der Waals surface area contributed by atoms with E-state index in [1.165, 1.54) is 26.2 Å². The molecule has 0 spiro atoms. The highest BCUT2D eigenvalue weighted by Gasteiger charge is 2.49. The van der Waals surface area contributed by atoms with Crippen LogP contribution in [0.5, 0.6) is 5.75 Å². The van der Waals surface area contributed by atoms with Gasteiger partial charge in [0.1, 0.15) is 5.75 Å². The van der Waals surface area contributed by atoms with Crippen molar-refractivity contribution >= 4 is 11.8 Å². The summed E-state index contributed by atoms with van der Waals surface area (Å²) < 4.78 is 35.8. The van der Waals surface area contributed by atoms with E-state index in [0.29, 0.717) is 5.75 Å². The number of Topliss-reactive ketones (excluding diaryl/α,β-unsaturated/α-hetero) is 1. The van der Waals surface area contributed by atoms with Gasteiger partial charge in [0.2, 0.25) is 5.78 Å². The maximum Gasteiger partial charge on any atom is 0.404 e. The molecule has 0 atom stereocenters. The van der Waals surface area contributed by atoms with E-state index in [1.54, 1.807) is 0 Å². The van der Waals surface area contributed by atoms with Crippen LogP contribution in [0, 0.1) is 0 Å². The lowest BCUT2D eigenvalue weighted by Crippen LogP contribution is -2.39. The Balaban J connectivity index is 2.94. The molecule has 0 amide bonds. The van der Waals surface area contributed by atoms with Crippen LogP contribution in [-0.2, 0) is 9.53 Å². The van der Waals surface area contributed by atoms with Crippen LogP contribution in [-0.4, -0.2) is 31.4 Å². The van der Waals surface area contributed by atoms with Crippen LogP contribution >= 0.6 is 0 Å². The lowest BCUT2D eigenvalue weighted by atomic mass is 10.1. The van der Waals surface area contributed by atoms with Crippen molar-refractivity contribution in [3.8, 4) is 5.75 Å². The molecule has 0 aliphatic rings. The van der Waals surface area contributed by atoms with Crippen LogP contribution in [0.4, 0.5) is 8.78 Å². The average Bonchev–Trinajstić information content (AvgIpc) is 2.38. The second-order valence-electron chi connectivity index (χ2n) is 3.35. The number of ether oxygens (including phenoxy) is 2. The maximum absolute atomic E-state index is 13.4. The van der Waals surface area contributed by atoms with E-state index in [1.807, 2.05) is 0 Å². The Kier molecular flexibility index (Phi) is 4.36. The van der Waals surface area contributed by atoms with E-state index in [-0.39, 0.29) is 12.2 Å². The molecule has 98 valence electrons. The molecule has 0 N–H and O–H groups in total. The van der Waals surface area contributed by atoms with Crippen LogP contribution in [0.25, 0.3) is 0 Å². The molecular weight excluding hydrogens is 246 g/mol. The number of ketones is 1. The molecular formula is C12H12F2O4. The topological polar surface area (TPSA) is 52.6 Å². The van der Waals surface area contributed by atoms with Gasteiger partial charge in [-0.15, -0.1) is 0 Å². The molecule has 0 aliphatic carbocycles. The van der Waals surface area contributed by atoms with Gasteiger partial charge < -0.3 is 9.47 Å². The van der Waals surface area contributed by atoms with Crippen molar-refractivity contribution in [3.63, 3.8) is 0 Å². The Bertz CT molecular complexity index is 440. The number of hydrogen-bond donors (Lipinski definition) is 0. The van der Waals surface area contributed by atoms with Gasteiger partial charge in [-0.1, -0.05) is 0 Å². The number of rotatable bonds is 5. The van der Waals surface area contributed by atoms with Crippen molar-refractivity contribution in [1.82, 2.24) is 0 Å². The van der Waals surface area contributed by atoms with Crippen LogP contribution in [0.2, 0.25) is 0 Å². The number of alkyl halides is 2. The maximum atomic E-state index is 13.4. The fourth-order valence-corrected chi connectivity index (χ4v) is 1.24. The van der Waals surface area contributed by atoms with Gasteiger partial charge in [0.05, 0.1) is 13.7 Å². The molecule has 0 saturated heterocycles. The summed E-state index contributed by atoms with van der Waals surface area (Å²) >= 11 is 0. The molecule has 4 nitrogen and oxygen atoms in total. The van der Waals surface area contributed by atoms with Crippen LogP contribution in [0.1, 0.15) is 17.3 Å². The minimum absolute atomic E-state index is 0.218. The first-order valence-corrected chi connectivity index (χ1v) is 5.17. The van der Waals surface area contributed by atoms with Crippen molar-refractivity contribution < 1.29 is 27.8 Å². The molecule has 0 saturated carbocycles. The van der Waals surface area contributed by atoms with E-state index < -0.39 is 17.7 Å². The lowest BCUT2D eigenvalue weighted by Gasteiger charge is -2.13. The average molecular weight is 258 g/mol. The van der Waals surface area contributed by atoms with Crippen LogP contribution in [0.3, 0.4) is 0 Å². The molecule has 0 aromatic heterocycles. The summed E-state index contributed by atoms with van der Waals surface area (Å²) in [6.07, 6.45) is 0. The van der Waals surface area contributed by atoms with Crippen LogP contribution in [0.15, 0.2) is 24.3 Å². The first-order valence-electron chi connectivity index (χ1n) is 5.17. The third-order valence-electron chi connectivity index (χ3n) is 2.17. The second kappa shape index (κ2) is 5.57. The summed E-state index contributed by atoms with van der Waals surface area (Å²) in [5, 5.41) is 0. The molecule has 0 unspecified atom stereocenters. The molecule has 1 aromatic rings. The lowest BCUT2D eigenvalue weighted by molar-refractivity contribution is -0.164. The van der Waals surface area contributed by atoms with Gasteiger partial charge in [-0.3, -0.25) is 4.79 Å². The van der Waals surface area contributed by atoms with E-state index in [9.17, 15) is 18.4 Å². The Morgan fingerprint density at radius 3 is 2.22 bits per heavy atom. The van der Waals surface area contributed by atoms with Gasteiger partial charge in [-0.05, 0) is 31.2 Å². The second-order valence-corrected chi connectivity index (χ2v) is 3.35. The van der Waals surface area contributed by atoms with E-state index in [0.717, 1.165) is 12.1 Å². The van der Waals surface area contributed by atoms with Crippen molar-refractivity contribution in [3.05, 3.63) is 29.8 Å². The Morgan fingerprint density at radius 1 is 1.22 bits per heavy atom. The molecule has 1 aromatic carbocycles. The Hall–Kier alpha value is -1.98. The van der Waals surface area contributed by atoms with Gasteiger partial charge in [0.15, 0.2) is 0 Å². The monoisotopic (exact) mass is 258 g/mol. The highest BCUT2D eigenvalue weighted by atomic mass is 19.3. The normalized spacial score (nSPS) is 10.9. The number of halogens is 2. The summed E-state index contributed by atoms with van der Waals surface area (Å²) in [5.41, 5.74) is -0.283. The number of carbonyl (C=O) groups excluding carboxylic acids is 2. The summed E-state index contributed by atoms with van der Waals surface area (Å²) in [4.78, 5) is 22.5. The predicted octanol–water partition coefficient (Wildman–Crippen LogP) is 2.08. The van der Waals surface area contributed by atoms with Crippen LogP contribution < -0.4 is 4.74 Å². The van der Waals surface area contributed by atoms with E-state index >= 15 is 0 Å². The first kappa shape index (κ1) is 14.1. The molecule has 18 heavy (non-hydrogen) atoms. The third kappa shape index (κ3) is 2.82. The number of methoxy groups -OCH3 is 1. The molecule has 0 radical (unpaired) electrons. The highest BCUT2D eigenvalue weighted by molar-refractivity contribution is 6.13. The van der Waals surface area contributed by atoms with Crippen molar-refractivity contribution in [1.29, 1.82) is 0 Å². The zero-order chi connectivity index (χ0) is 13.8. The quantitative estimate of drug-likeness (QED) is 0.461. The van der Waals surface area contributed by atoms with Crippen molar-refractivity contribution in [2.45, 2.75) is 12.8 Å². The molecule has 1 rings (SSSR count). The van der Waals surface area contributed by atoms with Gasteiger partial charge in [-0.25, -0.2) is 4.79 Å². The SMILES string of the molecule is CCOC(=O)C(F)(F)C(=O)c1ccc(OC)cc1. The molecule has 0 fully saturated rings.